The first-order valence-corrected chi connectivity index (χ1v) is 11.8. The summed E-state index contributed by atoms with van der Waals surface area (Å²) in [6.07, 6.45) is 1.27. The van der Waals surface area contributed by atoms with E-state index in [1.807, 2.05) is 24.3 Å². The summed E-state index contributed by atoms with van der Waals surface area (Å²) >= 11 is 13.6. The molecule has 1 aromatic heterocycles. The molecule has 4 rings (SSSR count). The van der Waals surface area contributed by atoms with Crippen LogP contribution in [0.25, 0.3) is 10.1 Å². The highest BCUT2D eigenvalue weighted by atomic mass is 35.5. The number of anilines is 1. The fourth-order valence-electron chi connectivity index (χ4n) is 3.10. The van der Waals surface area contributed by atoms with Crippen molar-refractivity contribution in [2.75, 3.05) is 5.32 Å². The van der Waals surface area contributed by atoms with Crippen LogP contribution in [-0.2, 0) is 9.59 Å². The van der Waals surface area contributed by atoms with Crippen molar-refractivity contribution in [3.05, 3.63) is 92.8 Å². The predicted molar refractivity (Wildman–Crippen MR) is 139 cm³/mol. The molecule has 1 heterocycles. The zero-order valence-corrected chi connectivity index (χ0v) is 20.5. The van der Waals surface area contributed by atoms with Crippen LogP contribution in [0.2, 0.25) is 10.0 Å². The molecule has 0 unspecified atom stereocenters. The highest BCUT2D eigenvalue weighted by Gasteiger charge is 2.20. The van der Waals surface area contributed by atoms with E-state index in [1.54, 1.807) is 49.4 Å². The van der Waals surface area contributed by atoms with Crippen molar-refractivity contribution in [2.24, 2.45) is 5.10 Å². The van der Waals surface area contributed by atoms with Crippen LogP contribution < -0.4 is 15.5 Å². The lowest BCUT2D eigenvalue weighted by atomic mass is 10.2. The van der Waals surface area contributed by atoms with Gasteiger partial charge in [0.2, 0.25) is 0 Å². The summed E-state index contributed by atoms with van der Waals surface area (Å²) < 4.78 is 6.41. The molecule has 35 heavy (non-hydrogen) atoms. The molecule has 0 aliphatic heterocycles. The van der Waals surface area contributed by atoms with Gasteiger partial charge in [-0.15, -0.1) is 11.3 Å². The molecule has 3 aromatic carbocycles. The molecule has 0 saturated heterocycles. The summed E-state index contributed by atoms with van der Waals surface area (Å²) in [7, 11) is 0. The molecule has 0 aliphatic carbocycles. The Balaban J connectivity index is 1.43. The largest absolute Gasteiger partial charge is 0.422 e. The lowest BCUT2D eigenvalue weighted by Gasteiger charge is -2.08. The number of thiophene rings is 1. The van der Waals surface area contributed by atoms with Gasteiger partial charge >= 0.3 is 17.8 Å². The smallest absolute Gasteiger partial charge is 0.355 e. The molecule has 0 radical (unpaired) electrons. The first-order chi connectivity index (χ1) is 16.8. The van der Waals surface area contributed by atoms with Crippen molar-refractivity contribution in [1.82, 2.24) is 5.43 Å². The Morgan fingerprint density at radius 3 is 2.49 bits per heavy atom. The second-order valence-corrected chi connectivity index (χ2v) is 9.07. The third kappa shape index (κ3) is 5.51. The Kier molecular flexibility index (Phi) is 7.45. The molecule has 0 atom stereocenters. The molecule has 2 amide bonds. The van der Waals surface area contributed by atoms with Gasteiger partial charge in [-0.3, -0.25) is 9.59 Å². The Morgan fingerprint density at radius 1 is 0.943 bits per heavy atom. The van der Waals surface area contributed by atoms with Gasteiger partial charge in [0, 0.05) is 26.4 Å². The number of hydrazone groups is 1. The van der Waals surface area contributed by atoms with Gasteiger partial charge in [0.25, 0.3) is 0 Å². The monoisotopic (exact) mass is 525 g/mol. The van der Waals surface area contributed by atoms with Crippen LogP contribution in [0.3, 0.4) is 0 Å². The fourth-order valence-corrected chi connectivity index (χ4v) is 4.66. The highest BCUT2D eigenvalue weighted by molar-refractivity contribution is 7.21. The van der Waals surface area contributed by atoms with Crippen molar-refractivity contribution in [1.29, 1.82) is 0 Å². The van der Waals surface area contributed by atoms with E-state index in [4.69, 9.17) is 27.9 Å². The summed E-state index contributed by atoms with van der Waals surface area (Å²) in [6, 6.07) is 19.0. The number of para-hydroxylation sites is 1. The molecule has 0 bridgehead atoms. The van der Waals surface area contributed by atoms with Crippen molar-refractivity contribution < 1.29 is 19.1 Å². The fraction of sp³-hybridized carbons (Fsp3) is 0.0400. The van der Waals surface area contributed by atoms with Gasteiger partial charge in [0.15, 0.2) is 0 Å². The first-order valence-electron chi connectivity index (χ1n) is 10.2. The number of nitrogens with zero attached hydrogens (tertiary/aromatic N) is 1. The van der Waals surface area contributed by atoms with Crippen LogP contribution in [0.4, 0.5) is 5.69 Å². The maximum Gasteiger partial charge on any atom is 0.355 e. The van der Waals surface area contributed by atoms with Crippen molar-refractivity contribution >= 4 is 74.3 Å². The lowest BCUT2D eigenvalue weighted by molar-refractivity contribution is -0.136. The normalized spacial score (nSPS) is 10.9. The van der Waals surface area contributed by atoms with Gasteiger partial charge in [-0.05, 0) is 42.8 Å². The van der Waals surface area contributed by atoms with E-state index in [2.05, 4.69) is 15.8 Å². The van der Waals surface area contributed by atoms with Gasteiger partial charge in [-0.1, -0.05) is 59.6 Å². The van der Waals surface area contributed by atoms with Gasteiger partial charge in [-0.25, -0.2) is 10.2 Å². The molecule has 10 heteroatoms. The number of hydrogen-bond donors (Lipinski definition) is 2. The van der Waals surface area contributed by atoms with Crippen molar-refractivity contribution in [3.8, 4) is 5.75 Å². The van der Waals surface area contributed by atoms with E-state index in [0.29, 0.717) is 26.9 Å². The minimum absolute atomic E-state index is 0.211. The van der Waals surface area contributed by atoms with Crippen molar-refractivity contribution in [2.45, 2.75) is 6.92 Å². The van der Waals surface area contributed by atoms with Crippen LogP contribution in [0.5, 0.6) is 5.75 Å². The third-order valence-electron chi connectivity index (χ3n) is 4.93. The average Bonchev–Trinajstić information content (AvgIpc) is 3.19. The molecular formula is C25H17Cl2N3O4S. The summed E-state index contributed by atoms with van der Waals surface area (Å²) in [5.74, 6) is -2.29. The summed E-state index contributed by atoms with van der Waals surface area (Å²) in [4.78, 5) is 37.4. The van der Waals surface area contributed by atoms with Crippen LogP contribution in [0, 0.1) is 6.92 Å². The second-order valence-electron chi connectivity index (χ2n) is 7.23. The number of amides is 2. The number of halogens is 2. The third-order valence-corrected chi connectivity index (χ3v) is 7.00. The zero-order valence-electron chi connectivity index (χ0n) is 18.2. The van der Waals surface area contributed by atoms with Gasteiger partial charge in [-0.2, -0.15) is 5.10 Å². The molecule has 176 valence electrons. The Morgan fingerprint density at radius 2 is 1.69 bits per heavy atom. The average molecular weight is 526 g/mol. The summed E-state index contributed by atoms with van der Waals surface area (Å²) in [5.41, 5.74) is 3.61. The van der Waals surface area contributed by atoms with Crippen LogP contribution in [0.1, 0.15) is 20.8 Å². The Bertz CT molecular complexity index is 1480. The van der Waals surface area contributed by atoms with E-state index in [9.17, 15) is 14.4 Å². The quantitative estimate of drug-likeness (QED) is 0.113. The number of carbonyl (C=O) groups is 3. The minimum atomic E-state index is -0.979. The number of carbonyl (C=O) groups excluding carboxylic acids is 3. The Hall–Kier alpha value is -3.72. The highest BCUT2D eigenvalue weighted by Crippen LogP contribution is 2.36. The van der Waals surface area contributed by atoms with Crippen LogP contribution in [-0.4, -0.2) is 24.0 Å². The van der Waals surface area contributed by atoms with Crippen molar-refractivity contribution in [3.63, 3.8) is 0 Å². The molecular weight excluding hydrogens is 509 g/mol. The predicted octanol–water partition coefficient (Wildman–Crippen LogP) is 5.82. The maximum atomic E-state index is 12.8. The maximum absolute atomic E-state index is 12.8. The standard InChI is InChI=1S/C25H17Cl2N3O4S/c1-14-17(26)9-6-10-18(14)29-23(31)24(32)30-28-13-15-7-2-4-11-19(15)34-25(33)22-21(27)16-8-3-5-12-20(16)35-22/h2-13H,1H3,(H,29,31)(H,30,32)/b28-13-. The molecule has 0 saturated carbocycles. The second kappa shape index (κ2) is 10.7. The molecule has 0 spiro atoms. The first kappa shape index (κ1) is 24.4. The van der Waals surface area contributed by atoms with Crippen LogP contribution in [0.15, 0.2) is 71.8 Å². The zero-order chi connectivity index (χ0) is 24.9. The molecule has 2 N–H and O–H groups in total. The Labute approximate surface area is 214 Å². The number of benzene rings is 3. The van der Waals surface area contributed by atoms with E-state index < -0.39 is 17.8 Å². The molecule has 4 aromatic rings. The minimum Gasteiger partial charge on any atom is -0.422 e. The van der Waals surface area contributed by atoms with Gasteiger partial charge in [0.05, 0.1) is 11.2 Å². The number of fused-ring (bicyclic) bond motifs is 1. The van der Waals surface area contributed by atoms with E-state index in [0.717, 1.165) is 10.1 Å². The van der Waals surface area contributed by atoms with Gasteiger partial charge in [0.1, 0.15) is 10.6 Å². The molecule has 0 fully saturated rings. The SMILES string of the molecule is Cc1c(Cl)cccc1NC(=O)C(=O)N/N=C\c1ccccc1OC(=O)c1sc2ccccc2c1Cl. The number of rotatable bonds is 5. The number of nitrogens with one attached hydrogen (secondary N) is 2. The van der Waals surface area contributed by atoms with Crippen LogP contribution >= 0.6 is 34.5 Å². The topological polar surface area (TPSA) is 96.9 Å². The molecule has 7 nitrogen and oxygen atoms in total. The number of hydrogen-bond acceptors (Lipinski definition) is 6. The summed E-state index contributed by atoms with van der Waals surface area (Å²) in [6.45, 7) is 1.72. The van der Waals surface area contributed by atoms with Gasteiger partial charge < -0.3 is 10.1 Å². The number of ether oxygens (including phenoxy) is 1. The van der Waals surface area contributed by atoms with E-state index >= 15 is 0 Å². The molecule has 0 aliphatic rings. The van der Waals surface area contributed by atoms with E-state index in [1.165, 1.54) is 17.6 Å². The van der Waals surface area contributed by atoms with E-state index in [-0.39, 0.29) is 10.6 Å². The number of esters is 1. The summed E-state index contributed by atoms with van der Waals surface area (Å²) in [5, 5.41) is 7.86. The lowest BCUT2D eigenvalue weighted by Crippen LogP contribution is -2.32.